The van der Waals surface area contributed by atoms with Crippen LogP contribution in [-0.4, -0.2) is 20.2 Å². The van der Waals surface area contributed by atoms with Crippen molar-refractivity contribution in [1.82, 2.24) is 20.2 Å². The molecule has 3 rings (SSSR count). The molecular weight excluding hydrogens is 340 g/mol. The van der Waals surface area contributed by atoms with E-state index in [9.17, 15) is 0 Å². The summed E-state index contributed by atoms with van der Waals surface area (Å²) in [5, 5.41) is 13.1. The van der Waals surface area contributed by atoms with Crippen molar-refractivity contribution in [3.63, 3.8) is 0 Å². The van der Waals surface area contributed by atoms with Gasteiger partial charge in [-0.3, -0.25) is 0 Å². The van der Waals surface area contributed by atoms with Gasteiger partial charge in [-0.05, 0) is 29.0 Å². The summed E-state index contributed by atoms with van der Waals surface area (Å²) in [5.74, 6) is 0.530. The molecule has 3 aromatic rings. The Morgan fingerprint density at radius 1 is 1.05 bits per heavy atom. The van der Waals surface area contributed by atoms with Gasteiger partial charge in [0.05, 0.1) is 11.6 Å². The predicted octanol–water partition coefficient (Wildman–Crippen LogP) is 3.80. The molecule has 0 saturated carbocycles. The maximum absolute atomic E-state index is 6.13. The van der Waals surface area contributed by atoms with Crippen molar-refractivity contribution < 1.29 is 0 Å². The Hall–Kier alpha value is -1.72. The average Bonchev–Trinajstić information content (AvgIpc) is 2.90. The largest absolute Gasteiger partial charge is 0.206 e. The number of aromatic nitrogens is 4. The Morgan fingerprint density at radius 2 is 1.80 bits per heavy atom. The van der Waals surface area contributed by atoms with Gasteiger partial charge in [0.2, 0.25) is 5.82 Å². The topological polar surface area (TPSA) is 43.6 Å². The van der Waals surface area contributed by atoms with Crippen LogP contribution >= 0.6 is 27.5 Å². The van der Waals surface area contributed by atoms with Gasteiger partial charge >= 0.3 is 0 Å². The van der Waals surface area contributed by atoms with E-state index in [4.69, 9.17) is 11.6 Å². The molecule has 0 saturated heterocycles. The fraction of sp³-hybridized carbons (Fsp3) is 0.0714. The van der Waals surface area contributed by atoms with Crippen LogP contribution in [0.5, 0.6) is 0 Å². The molecule has 6 heteroatoms. The summed E-state index contributed by atoms with van der Waals surface area (Å²) in [7, 11) is 0. The van der Waals surface area contributed by atoms with Crippen molar-refractivity contribution in [3.05, 3.63) is 63.6 Å². The molecule has 0 spiro atoms. The molecule has 0 aliphatic heterocycles. The minimum absolute atomic E-state index is 0.530. The van der Waals surface area contributed by atoms with E-state index in [2.05, 4.69) is 31.3 Å². The van der Waals surface area contributed by atoms with E-state index in [-0.39, 0.29) is 0 Å². The summed E-state index contributed by atoms with van der Waals surface area (Å²) in [6, 6.07) is 15.4. The van der Waals surface area contributed by atoms with Crippen molar-refractivity contribution in [2.75, 3.05) is 0 Å². The highest BCUT2D eigenvalue weighted by molar-refractivity contribution is 9.10. The second kappa shape index (κ2) is 5.73. The second-order valence-electron chi connectivity index (χ2n) is 4.21. The molecule has 1 heterocycles. The molecular formula is C14H10BrClN4. The molecule has 0 unspecified atom stereocenters. The lowest BCUT2D eigenvalue weighted by Gasteiger charge is -2.02. The predicted molar refractivity (Wildman–Crippen MR) is 81.5 cm³/mol. The molecule has 0 aliphatic carbocycles. The lowest BCUT2D eigenvalue weighted by molar-refractivity contribution is 0.571. The first-order valence-corrected chi connectivity index (χ1v) is 7.17. The van der Waals surface area contributed by atoms with Crippen molar-refractivity contribution >= 4 is 27.5 Å². The van der Waals surface area contributed by atoms with E-state index in [0.29, 0.717) is 17.4 Å². The highest BCUT2D eigenvalue weighted by Gasteiger charge is 2.10. The summed E-state index contributed by atoms with van der Waals surface area (Å²) in [6.07, 6.45) is 0. The number of tetrazole rings is 1. The van der Waals surface area contributed by atoms with E-state index in [1.165, 1.54) is 0 Å². The zero-order chi connectivity index (χ0) is 13.9. The number of halogens is 2. The fourth-order valence-electron chi connectivity index (χ4n) is 1.84. The van der Waals surface area contributed by atoms with Gasteiger partial charge in [-0.2, -0.15) is 4.80 Å². The Balaban J connectivity index is 1.88. The van der Waals surface area contributed by atoms with Crippen molar-refractivity contribution in [3.8, 4) is 11.4 Å². The lowest BCUT2D eigenvalue weighted by Crippen LogP contribution is -2.04. The number of rotatable bonds is 3. The molecule has 20 heavy (non-hydrogen) atoms. The van der Waals surface area contributed by atoms with Gasteiger partial charge in [0, 0.05) is 10.0 Å². The molecule has 0 fully saturated rings. The van der Waals surface area contributed by atoms with Gasteiger partial charge in [-0.15, -0.1) is 10.2 Å². The molecule has 0 aliphatic rings. The van der Waals surface area contributed by atoms with Crippen LogP contribution in [-0.2, 0) is 6.54 Å². The monoisotopic (exact) mass is 348 g/mol. The summed E-state index contributed by atoms with van der Waals surface area (Å²) in [6.45, 7) is 0.554. The summed E-state index contributed by atoms with van der Waals surface area (Å²) < 4.78 is 1.02. The minimum Gasteiger partial charge on any atom is -0.159 e. The first-order valence-electron chi connectivity index (χ1n) is 6.00. The van der Waals surface area contributed by atoms with Crippen LogP contribution in [0.25, 0.3) is 11.4 Å². The first kappa shape index (κ1) is 13.3. The SMILES string of the molecule is Clc1ccccc1-c1nnn(Cc2ccccc2Br)n1. The highest BCUT2D eigenvalue weighted by Crippen LogP contribution is 2.24. The van der Waals surface area contributed by atoms with Crippen LogP contribution in [0.3, 0.4) is 0 Å². The molecule has 2 aromatic carbocycles. The summed E-state index contributed by atoms with van der Waals surface area (Å²) >= 11 is 9.64. The molecule has 0 radical (unpaired) electrons. The standard InChI is InChI=1S/C14H10BrClN4/c15-12-7-3-1-5-10(12)9-20-18-14(17-19-20)11-6-2-4-8-13(11)16/h1-8H,9H2. The van der Waals surface area contributed by atoms with Crippen molar-refractivity contribution in [2.24, 2.45) is 0 Å². The van der Waals surface area contributed by atoms with Crippen LogP contribution in [0, 0.1) is 0 Å². The summed E-state index contributed by atoms with van der Waals surface area (Å²) in [5.41, 5.74) is 1.88. The van der Waals surface area contributed by atoms with Crippen LogP contribution in [0.2, 0.25) is 5.02 Å². The average molecular weight is 350 g/mol. The third-order valence-corrected chi connectivity index (χ3v) is 3.94. The van der Waals surface area contributed by atoms with Crippen LogP contribution in [0.4, 0.5) is 0 Å². The van der Waals surface area contributed by atoms with Gasteiger partial charge in [0.15, 0.2) is 0 Å². The van der Waals surface area contributed by atoms with E-state index in [1.54, 1.807) is 4.80 Å². The van der Waals surface area contributed by atoms with Gasteiger partial charge in [0.25, 0.3) is 0 Å². The van der Waals surface area contributed by atoms with Crippen LogP contribution in [0.1, 0.15) is 5.56 Å². The summed E-state index contributed by atoms with van der Waals surface area (Å²) in [4.78, 5) is 1.55. The first-order chi connectivity index (χ1) is 9.74. The Kier molecular flexibility index (Phi) is 3.80. The molecule has 4 nitrogen and oxygen atoms in total. The van der Waals surface area contributed by atoms with E-state index >= 15 is 0 Å². The zero-order valence-corrected chi connectivity index (χ0v) is 12.7. The van der Waals surface area contributed by atoms with Gasteiger partial charge in [-0.25, -0.2) is 0 Å². The molecule has 1 aromatic heterocycles. The Morgan fingerprint density at radius 3 is 2.60 bits per heavy atom. The molecule has 100 valence electrons. The molecule has 0 amide bonds. The van der Waals surface area contributed by atoms with Gasteiger partial charge in [0.1, 0.15) is 0 Å². The zero-order valence-electron chi connectivity index (χ0n) is 10.4. The lowest BCUT2D eigenvalue weighted by atomic mass is 10.2. The highest BCUT2D eigenvalue weighted by atomic mass is 79.9. The van der Waals surface area contributed by atoms with Crippen LogP contribution in [0.15, 0.2) is 53.0 Å². The minimum atomic E-state index is 0.530. The Labute approximate surface area is 129 Å². The number of nitrogens with zero attached hydrogens (tertiary/aromatic N) is 4. The second-order valence-corrected chi connectivity index (χ2v) is 5.48. The third kappa shape index (κ3) is 2.73. The van der Waals surface area contributed by atoms with Crippen molar-refractivity contribution in [1.29, 1.82) is 0 Å². The molecule has 0 N–H and O–H groups in total. The fourth-order valence-corrected chi connectivity index (χ4v) is 2.47. The smallest absolute Gasteiger partial charge is 0.159 e. The van der Waals surface area contributed by atoms with Gasteiger partial charge < -0.3 is 0 Å². The number of benzene rings is 2. The van der Waals surface area contributed by atoms with E-state index in [0.717, 1.165) is 15.6 Å². The quantitative estimate of drug-likeness (QED) is 0.722. The normalized spacial score (nSPS) is 10.7. The maximum atomic E-state index is 6.13. The Bertz CT molecular complexity index is 741. The van der Waals surface area contributed by atoms with Crippen molar-refractivity contribution in [2.45, 2.75) is 6.54 Å². The van der Waals surface area contributed by atoms with E-state index < -0.39 is 0 Å². The maximum Gasteiger partial charge on any atom is 0.206 e. The molecule has 0 bridgehead atoms. The third-order valence-electron chi connectivity index (χ3n) is 2.84. The number of hydrogen-bond acceptors (Lipinski definition) is 3. The number of hydrogen-bond donors (Lipinski definition) is 0. The van der Waals surface area contributed by atoms with Crippen LogP contribution < -0.4 is 0 Å². The van der Waals surface area contributed by atoms with Gasteiger partial charge in [-0.1, -0.05) is 57.9 Å². The molecule has 0 atom stereocenters. The van der Waals surface area contributed by atoms with E-state index in [1.807, 2.05) is 48.5 Å².